The zero-order chi connectivity index (χ0) is 19.3. The van der Waals surface area contributed by atoms with Gasteiger partial charge in [-0.1, -0.05) is 12.1 Å². The van der Waals surface area contributed by atoms with E-state index < -0.39 is 0 Å². The zero-order valence-electron chi connectivity index (χ0n) is 16.3. The number of fused-ring (bicyclic) bond motifs is 3. The predicted molar refractivity (Wildman–Crippen MR) is 107 cm³/mol. The van der Waals surface area contributed by atoms with Gasteiger partial charge in [0.25, 0.3) is 0 Å². The van der Waals surface area contributed by atoms with Crippen LogP contribution in [0.4, 0.5) is 0 Å². The van der Waals surface area contributed by atoms with E-state index >= 15 is 0 Å². The van der Waals surface area contributed by atoms with Gasteiger partial charge in [0, 0.05) is 42.5 Å². The molecule has 6 heteroatoms. The molecule has 0 N–H and O–H groups in total. The Kier molecular flexibility index (Phi) is 4.25. The number of carbonyl (C=O) groups excluding carboxylic acids is 1. The highest BCUT2D eigenvalue weighted by Gasteiger charge is 2.39. The van der Waals surface area contributed by atoms with E-state index in [1.807, 2.05) is 32.4 Å². The van der Waals surface area contributed by atoms with E-state index in [2.05, 4.69) is 37.6 Å². The molecular weight excluding hydrogens is 352 g/mol. The number of morpholine rings is 1. The van der Waals surface area contributed by atoms with Crippen molar-refractivity contribution in [1.29, 1.82) is 0 Å². The average Bonchev–Trinajstić information content (AvgIpc) is 3.38. The van der Waals surface area contributed by atoms with Crippen LogP contribution in [0.1, 0.15) is 17.9 Å². The van der Waals surface area contributed by atoms with Crippen LogP contribution < -0.4 is 0 Å². The molecule has 5 rings (SSSR count). The van der Waals surface area contributed by atoms with Gasteiger partial charge in [0.2, 0.25) is 0 Å². The number of rotatable bonds is 5. The Balaban J connectivity index is 1.35. The van der Waals surface area contributed by atoms with E-state index in [0.717, 1.165) is 53.1 Å². The van der Waals surface area contributed by atoms with Gasteiger partial charge in [-0.2, -0.15) is 0 Å². The second-order valence-corrected chi connectivity index (χ2v) is 7.98. The summed E-state index contributed by atoms with van der Waals surface area (Å²) in [5, 5.41) is 2.18. The molecule has 0 unspecified atom stereocenters. The Bertz CT molecular complexity index is 1060. The summed E-state index contributed by atoms with van der Waals surface area (Å²) in [6.07, 6.45) is 5.53. The number of aromatic nitrogens is 3. The van der Waals surface area contributed by atoms with Crippen molar-refractivity contribution in [2.75, 3.05) is 19.7 Å². The van der Waals surface area contributed by atoms with Crippen LogP contribution in [-0.2, 0) is 23.0 Å². The second-order valence-electron chi connectivity index (χ2n) is 7.98. The third-order valence-electron chi connectivity index (χ3n) is 6.07. The van der Waals surface area contributed by atoms with E-state index in [1.54, 1.807) is 0 Å². The highest BCUT2D eigenvalue weighted by atomic mass is 16.5. The van der Waals surface area contributed by atoms with Crippen molar-refractivity contribution in [1.82, 2.24) is 19.4 Å². The molecular formula is C22H24N4O2. The number of nitrogens with zero attached hydrogens (tertiary/aromatic N) is 4. The Labute approximate surface area is 164 Å². The van der Waals surface area contributed by atoms with Gasteiger partial charge in [0.05, 0.1) is 37.6 Å². The fraction of sp³-hybridized carbons (Fsp3) is 0.409. The minimum Gasteiger partial charge on any atom is -0.375 e. The third kappa shape index (κ3) is 3.12. The van der Waals surface area contributed by atoms with Crippen molar-refractivity contribution < 1.29 is 9.53 Å². The fourth-order valence-electron chi connectivity index (χ4n) is 4.37. The predicted octanol–water partition coefficient (Wildman–Crippen LogP) is 2.53. The van der Waals surface area contributed by atoms with E-state index in [-0.39, 0.29) is 5.78 Å². The number of ether oxygens (including phenoxy) is 1. The van der Waals surface area contributed by atoms with Crippen molar-refractivity contribution in [3.05, 3.63) is 48.2 Å². The first kappa shape index (κ1) is 17.5. The van der Waals surface area contributed by atoms with Crippen LogP contribution >= 0.6 is 0 Å². The van der Waals surface area contributed by atoms with E-state index in [1.165, 1.54) is 0 Å². The van der Waals surface area contributed by atoms with Gasteiger partial charge in [-0.3, -0.25) is 14.7 Å². The van der Waals surface area contributed by atoms with Crippen molar-refractivity contribution in [2.45, 2.75) is 31.9 Å². The highest BCUT2D eigenvalue weighted by molar-refractivity contribution is 5.88. The molecule has 144 valence electrons. The van der Waals surface area contributed by atoms with Crippen molar-refractivity contribution in [3.8, 4) is 11.3 Å². The summed E-state index contributed by atoms with van der Waals surface area (Å²) in [6.45, 7) is 4.15. The lowest BCUT2D eigenvalue weighted by atomic mass is 10.0. The lowest BCUT2D eigenvalue weighted by Crippen LogP contribution is -2.40. The number of carbonyl (C=O) groups is 1. The molecule has 2 aliphatic rings. The minimum atomic E-state index is 0.220. The molecule has 0 spiro atoms. The van der Waals surface area contributed by atoms with Crippen LogP contribution in [0.3, 0.4) is 0 Å². The molecule has 6 nitrogen and oxygen atoms in total. The molecule has 1 aromatic carbocycles. The molecule has 4 heterocycles. The molecule has 0 amide bonds. The summed E-state index contributed by atoms with van der Waals surface area (Å²) >= 11 is 0. The molecule has 2 fully saturated rings. The summed E-state index contributed by atoms with van der Waals surface area (Å²) < 4.78 is 7.70. The summed E-state index contributed by atoms with van der Waals surface area (Å²) in [5.74, 6) is 1.20. The van der Waals surface area contributed by atoms with Gasteiger partial charge >= 0.3 is 0 Å². The third-order valence-corrected chi connectivity index (χ3v) is 6.07. The van der Waals surface area contributed by atoms with Gasteiger partial charge in [-0.25, -0.2) is 4.98 Å². The van der Waals surface area contributed by atoms with E-state index in [9.17, 15) is 4.79 Å². The summed E-state index contributed by atoms with van der Waals surface area (Å²) in [4.78, 5) is 23.7. The number of Topliss-reactive ketones (excluding diaryl/α,β-unsaturated/α-hetero) is 1. The second kappa shape index (κ2) is 6.79. The van der Waals surface area contributed by atoms with Crippen LogP contribution in [0.15, 0.2) is 36.7 Å². The zero-order valence-corrected chi connectivity index (χ0v) is 16.3. The van der Waals surface area contributed by atoms with Crippen LogP contribution in [-0.4, -0.2) is 57.1 Å². The maximum Gasteiger partial charge on any atom is 0.152 e. The number of pyridine rings is 1. The van der Waals surface area contributed by atoms with Gasteiger partial charge in [0.15, 0.2) is 5.78 Å². The van der Waals surface area contributed by atoms with Crippen LogP contribution in [0, 0.1) is 6.92 Å². The number of benzene rings is 1. The van der Waals surface area contributed by atoms with E-state index in [0.29, 0.717) is 25.1 Å². The molecule has 3 aromatic rings. The number of aryl methyl sites for hydroxylation is 1. The lowest BCUT2D eigenvalue weighted by Gasteiger charge is -2.25. The molecule has 2 aliphatic heterocycles. The topological polar surface area (TPSA) is 60.3 Å². The van der Waals surface area contributed by atoms with Crippen molar-refractivity contribution in [2.24, 2.45) is 7.05 Å². The Hall–Kier alpha value is -2.57. The largest absolute Gasteiger partial charge is 0.375 e. The van der Waals surface area contributed by atoms with Crippen molar-refractivity contribution >= 4 is 16.6 Å². The first-order valence-electron chi connectivity index (χ1n) is 9.81. The smallest absolute Gasteiger partial charge is 0.152 e. The number of ketones is 1. The molecule has 28 heavy (non-hydrogen) atoms. The number of hydrogen-bond acceptors (Lipinski definition) is 5. The first-order chi connectivity index (χ1) is 13.6. The Morgan fingerprint density at radius 2 is 2.11 bits per heavy atom. The minimum absolute atomic E-state index is 0.220. The fourth-order valence-corrected chi connectivity index (χ4v) is 4.37. The van der Waals surface area contributed by atoms with Crippen LogP contribution in [0.2, 0.25) is 0 Å². The summed E-state index contributed by atoms with van der Waals surface area (Å²) in [7, 11) is 2.02. The maximum atomic E-state index is 12.6. The maximum absolute atomic E-state index is 12.6. The van der Waals surface area contributed by atoms with Crippen LogP contribution in [0.5, 0.6) is 0 Å². The number of likely N-dealkylation sites (tertiary alicyclic amines) is 1. The molecule has 0 aliphatic carbocycles. The highest BCUT2D eigenvalue weighted by Crippen LogP contribution is 2.28. The quantitative estimate of drug-likeness (QED) is 0.685. The molecule has 0 saturated carbocycles. The van der Waals surface area contributed by atoms with Gasteiger partial charge in [-0.05, 0) is 30.9 Å². The normalized spacial score (nSPS) is 21.6. The molecule has 0 radical (unpaired) electrons. The lowest BCUT2D eigenvalue weighted by molar-refractivity contribution is -0.120. The number of hydrogen-bond donors (Lipinski definition) is 0. The van der Waals surface area contributed by atoms with Gasteiger partial charge in [-0.15, -0.1) is 0 Å². The van der Waals surface area contributed by atoms with Gasteiger partial charge in [0.1, 0.15) is 5.82 Å². The first-order valence-corrected chi connectivity index (χ1v) is 9.81. The Morgan fingerprint density at radius 1 is 1.21 bits per heavy atom. The van der Waals surface area contributed by atoms with Crippen LogP contribution in [0.25, 0.3) is 22.0 Å². The molecule has 2 saturated heterocycles. The Morgan fingerprint density at radius 3 is 2.82 bits per heavy atom. The van der Waals surface area contributed by atoms with Gasteiger partial charge < -0.3 is 9.30 Å². The molecule has 2 bridgehead atoms. The monoisotopic (exact) mass is 376 g/mol. The molecule has 2 aromatic heterocycles. The van der Waals surface area contributed by atoms with E-state index in [4.69, 9.17) is 4.74 Å². The standard InChI is InChI=1S/C22H24N4O2/c1-14-23-10-22(25(14)2)15-3-4-16-9-24-18(6-17(16)5-15)7-20(27)11-26-12-21-8-19(26)13-28-21/h3-6,9-10,19,21H,7-8,11-13H2,1-2H3/t19-,21-/m1/s1. The molecule has 2 atom stereocenters. The number of imidazole rings is 1. The summed E-state index contributed by atoms with van der Waals surface area (Å²) in [5.41, 5.74) is 3.03. The SMILES string of the molecule is Cc1ncc(-c2ccc3cnc(CC(=O)CN4C[C@H]5C[C@@H]4CO5)cc3c2)n1C. The van der Waals surface area contributed by atoms with Crippen molar-refractivity contribution in [3.63, 3.8) is 0 Å². The average molecular weight is 376 g/mol. The summed E-state index contributed by atoms with van der Waals surface area (Å²) in [6, 6.07) is 8.78.